The molecule has 0 radical (unpaired) electrons. The van der Waals surface area contributed by atoms with Gasteiger partial charge in [-0.25, -0.2) is 0 Å². The molecule has 27 heavy (non-hydrogen) atoms. The largest absolute Gasteiger partial charge is 0.573 e. The Balaban J connectivity index is 1.53. The number of aliphatic hydroxyl groups excluding tert-OH is 1. The molecule has 1 atom stereocenters. The zero-order chi connectivity index (χ0) is 19.3. The van der Waals surface area contributed by atoms with Crippen molar-refractivity contribution in [3.63, 3.8) is 0 Å². The first-order valence-electron chi connectivity index (χ1n) is 7.71. The van der Waals surface area contributed by atoms with Gasteiger partial charge in [0.05, 0.1) is 6.10 Å². The Morgan fingerprint density at radius 2 is 1.78 bits per heavy atom. The van der Waals surface area contributed by atoms with Crippen LogP contribution in [0.5, 0.6) is 5.75 Å². The third kappa shape index (κ3) is 6.12. The fourth-order valence-electron chi connectivity index (χ4n) is 2.10. The molecule has 10 heteroatoms. The maximum absolute atomic E-state index is 12.2. The van der Waals surface area contributed by atoms with Gasteiger partial charge in [-0.3, -0.25) is 0 Å². The molecule has 3 aromatic rings. The van der Waals surface area contributed by atoms with Crippen LogP contribution in [0.4, 0.5) is 24.0 Å². The monoisotopic (exact) mass is 413 g/mol. The molecule has 0 bridgehead atoms. The molecule has 142 valence electrons. The van der Waals surface area contributed by atoms with Crippen molar-refractivity contribution in [2.75, 3.05) is 11.1 Å². The van der Waals surface area contributed by atoms with Crippen LogP contribution in [-0.2, 0) is 0 Å². The number of aromatic nitrogens is 2. The highest BCUT2D eigenvalue weighted by Gasteiger charge is 2.30. The third-order valence-electron chi connectivity index (χ3n) is 3.29. The van der Waals surface area contributed by atoms with E-state index in [1.165, 1.54) is 47.4 Å². The summed E-state index contributed by atoms with van der Waals surface area (Å²) in [6.07, 6.45) is -5.33. The highest BCUT2D eigenvalue weighted by Crippen LogP contribution is 2.31. The molecule has 0 aliphatic heterocycles. The molecular weight excluding hydrogens is 399 g/mol. The van der Waals surface area contributed by atoms with Gasteiger partial charge in [0.25, 0.3) is 0 Å². The van der Waals surface area contributed by atoms with Crippen molar-refractivity contribution in [1.82, 2.24) is 10.2 Å². The molecule has 0 fully saturated rings. The molecule has 5 nitrogen and oxygen atoms in total. The Morgan fingerprint density at radius 3 is 2.44 bits per heavy atom. The van der Waals surface area contributed by atoms with Gasteiger partial charge in [0, 0.05) is 11.4 Å². The first-order chi connectivity index (χ1) is 12.9. The molecule has 0 aliphatic carbocycles. The second-order valence-corrected chi connectivity index (χ2v) is 7.55. The van der Waals surface area contributed by atoms with Crippen LogP contribution in [0.1, 0.15) is 11.7 Å². The Hall–Kier alpha value is -2.30. The molecule has 0 saturated heterocycles. The molecule has 0 saturated carbocycles. The molecule has 1 heterocycles. The van der Waals surface area contributed by atoms with E-state index < -0.39 is 12.5 Å². The highest BCUT2D eigenvalue weighted by atomic mass is 32.2. The van der Waals surface area contributed by atoms with E-state index in [2.05, 4.69) is 20.3 Å². The molecule has 2 N–H and O–H groups in total. The SMILES string of the molecule is OC(CSc1nnc(Nc2ccc(OC(F)(F)F)cc2)s1)c1ccccc1. The Morgan fingerprint density at radius 1 is 1.07 bits per heavy atom. The van der Waals surface area contributed by atoms with E-state index in [1.54, 1.807) is 0 Å². The summed E-state index contributed by atoms with van der Waals surface area (Å²) < 4.78 is 41.0. The van der Waals surface area contributed by atoms with Crippen LogP contribution in [0.3, 0.4) is 0 Å². The summed E-state index contributed by atoms with van der Waals surface area (Å²) in [7, 11) is 0. The minimum absolute atomic E-state index is 0.295. The first kappa shape index (κ1) is 19.5. The lowest BCUT2D eigenvalue weighted by Crippen LogP contribution is -2.16. The second kappa shape index (κ2) is 8.59. The fourth-order valence-corrected chi connectivity index (χ4v) is 3.87. The van der Waals surface area contributed by atoms with Crippen LogP contribution < -0.4 is 10.1 Å². The summed E-state index contributed by atoms with van der Waals surface area (Å²) >= 11 is 2.66. The van der Waals surface area contributed by atoms with Crippen LogP contribution >= 0.6 is 23.1 Å². The predicted octanol–water partition coefficient (Wildman–Crippen LogP) is 5.01. The lowest BCUT2D eigenvalue weighted by molar-refractivity contribution is -0.274. The summed E-state index contributed by atoms with van der Waals surface area (Å²) in [4.78, 5) is 0. The van der Waals surface area contributed by atoms with E-state index >= 15 is 0 Å². The minimum atomic E-state index is -4.72. The number of hydrogen-bond acceptors (Lipinski definition) is 7. The predicted molar refractivity (Wildman–Crippen MR) is 98.4 cm³/mol. The first-order valence-corrected chi connectivity index (χ1v) is 9.51. The summed E-state index contributed by atoms with van der Waals surface area (Å²) in [5.74, 6) is 0.138. The molecule has 3 rings (SSSR count). The minimum Gasteiger partial charge on any atom is -0.406 e. The van der Waals surface area contributed by atoms with E-state index in [9.17, 15) is 18.3 Å². The van der Waals surface area contributed by atoms with Gasteiger partial charge in [-0.05, 0) is 29.8 Å². The van der Waals surface area contributed by atoms with Gasteiger partial charge in [0.15, 0.2) is 4.34 Å². The zero-order valence-corrected chi connectivity index (χ0v) is 15.3. The maximum atomic E-state index is 12.2. The molecule has 1 unspecified atom stereocenters. The Bertz CT molecular complexity index is 858. The lowest BCUT2D eigenvalue weighted by atomic mass is 10.1. The van der Waals surface area contributed by atoms with E-state index in [1.807, 2.05) is 30.3 Å². The number of benzene rings is 2. The summed E-state index contributed by atoms with van der Waals surface area (Å²) in [6.45, 7) is 0. The number of anilines is 2. The summed E-state index contributed by atoms with van der Waals surface area (Å²) in [6, 6.07) is 14.6. The number of halogens is 3. The Labute approximate surface area is 161 Å². The van der Waals surface area contributed by atoms with Crippen LogP contribution in [-0.4, -0.2) is 27.4 Å². The summed E-state index contributed by atoms with van der Waals surface area (Å²) in [5.41, 5.74) is 1.38. The van der Waals surface area contributed by atoms with Gasteiger partial charge in [0.2, 0.25) is 5.13 Å². The average molecular weight is 413 g/mol. The number of thioether (sulfide) groups is 1. The number of nitrogens with zero attached hydrogens (tertiary/aromatic N) is 2. The molecule has 0 spiro atoms. The molecular formula is C17H14F3N3O2S2. The van der Waals surface area contributed by atoms with Crippen molar-refractivity contribution in [3.05, 3.63) is 60.2 Å². The van der Waals surface area contributed by atoms with Crippen LogP contribution in [0.2, 0.25) is 0 Å². The van der Waals surface area contributed by atoms with Crippen LogP contribution in [0.25, 0.3) is 0 Å². The van der Waals surface area contributed by atoms with Crippen molar-refractivity contribution in [1.29, 1.82) is 0 Å². The number of alkyl halides is 3. The number of rotatable bonds is 7. The van der Waals surface area contributed by atoms with E-state index in [-0.39, 0.29) is 5.75 Å². The second-order valence-electron chi connectivity index (χ2n) is 5.31. The van der Waals surface area contributed by atoms with E-state index in [0.29, 0.717) is 20.9 Å². The van der Waals surface area contributed by atoms with Crippen LogP contribution in [0, 0.1) is 0 Å². The van der Waals surface area contributed by atoms with Crippen molar-refractivity contribution >= 4 is 33.9 Å². The molecule has 1 aromatic heterocycles. The maximum Gasteiger partial charge on any atom is 0.573 e. The number of nitrogens with one attached hydrogen (secondary N) is 1. The summed E-state index contributed by atoms with van der Waals surface area (Å²) in [5, 5.41) is 21.6. The van der Waals surface area contributed by atoms with Crippen molar-refractivity contribution in [2.45, 2.75) is 16.8 Å². The van der Waals surface area contributed by atoms with Crippen molar-refractivity contribution in [2.24, 2.45) is 0 Å². The van der Waals surface area contributed by atoms with Crippen molar-refractivity contribution in [3.8, 4) is 5.75 Å². The normalized spacial score (nSPS) is 12.6. The van der Waals surface area contributed by atoms with Gasteiger partial charge < -0.3 is 15.2 Å². The third-order valence-corrected chi connectivity index (χ3v) is 5.34. The fraction of sp³-hybridized carbons (Fsp3) is 0.176. The average Bonchev–Trinajstić information content (AvgIpc) is 3.08. The van der Waals surface area contributed by atoms with E-state index in [0.717, 1.165) is 5.56 Å². The van der Waals surface area contributed by atoms with Crippen LogP contribution in [0.15, 0.2) is 58.9 Å². The standard InChI is InChI=1S/C17H14F3N3O2S2/c18-17(19,20)25-13-8-6-12(7-9-13)21-15-22-23-16(27-15)26-10-14(24)11-4-2-1-3-5-11/h1-9,14,24H,10H2,(H,21,22). The quantitative estimate of drug-likeness (QED) is 0.531. The molecule has 0 amide bonds. The molecule has 0 aliphatic rings. The van der Waals surface area contributed by atoms with Gasteiger partial charge in [-0.2, -0.15) is 0 Å². The zero-order valence-electron chi connectivity index (χ0n) is 13.7. The van der Waals surface area contributed by atoms with Crippen molar-refractivity contribution < 1.29 is 23.0 Å². The smallest absolute Gasteiger partial charge is 0.406 e. The van der Waals surface area contributed by atoms with E-state index in [4.69, 9.17) is 0 Å². The highest BCUT2D eigenvalue weighted by molar-refractivity contribution is 8.01. The van der Waals surface area contributed by atoms with Gasteiger partial charge in [-0.1, -0.05) is 53.4 Å². The topological polar surface area (TPSA) is 67.3 Å². The van der Waals surface area contributed by atoms with Gasteiger partial charge in [-0.15, -0.1) is 23.4 Å². The lowest BCUT2D eigenvalue weighted by Gasteiger charge is -2.09. The number of ether oxygens (including phenoxy) is 1. The van der Waals surface area contributed by atoms with Gasteiger partial charge >= 0.3 is 6.36 Å². The number of aliphatic hydroxyl groups is 1. The molecule has 2 aromatic carbocycles. The van der Waals surface area contributed by atoms with Gasteiger partial charge in [0.1, 0.15) is 5.75 Å². The number of hydrogen-bond donors (Lipinski definition) is 2. The Kier molecular flexibility index (Phi) is 6.19.